The summed E-state index contributed by atoms with van der Waals surface area (Å²) in [5.41, 5.74) is 0.715. The first-order chi connectivity index (χ1) is 5.54. The van der Waals surface area contributed by atoms with E-state index in [9.17, 15) is 4.79 Å². The minimum absolute atomic E-state index is 0.0255. The molecule has 1 atom stereocenters. The third kappa shape index (κ3) is 0.829. The summed E-state index contributed by atoms with van der Waals surface area (Å²) >= 11 is 3.28. The molecular formula is C9H9BrO2. The normalized spacial score (nSPS) is 33.6. The first kappa shape index (κ1) is 8.05. The van der Waals surface area contributed by atoms with Gasteiger partial charge < -0.3 is 4.74 Å². The molecule has 1 unspecified atom stereocenters. The summed E-state index contributed by atoms with van der Waals surface area (Å²) in [6.07, 6.45) is 2.66. The third-order valence-corrected chi connectivity index (χ3v) is 3.51. The van der Waals surface area contributed by atoms with E-state index in [1.807, 2.05) is 19.9 Å². The zero-order valence-electron chi connectivity index (χ0n) is 6.98. The van der Waals surface area contributed by atoms with E-state index < -0.39 is 0 Å². The summed E-state index contributed by atoms with van der Waals surface area (Å²) in [6.45, 7) is 3.93. The Balaban J connectivity index is 2.59. The van der Waals surface area contributed by atoms with Gasteiger partial charge in [-0.1, -0.05) is 0 Å². The molecule has 0 radical (unpaired) electrons. The molecule has 0 N–H and O–H groups in total. The Kier molecular flexibility index (Phi) is 1.49. The molecule has 2 heterocycles. The Morgan fingerprint density at radius 2 is 2.33 bits per heavy atom. The van der Waals surface area contributed by atoms with Crippen LogP contribution in [0.15, 0.2) is 21.9 Å². The maximum absolute atomic E-state index is 11.4. The van der Waals surface area contributed by atoms with Gasteiger partial charge in [0, 0.05) is 6.42 Å². The number of fused-ring (bicyclic) bond motifs is 2. The van der Waals surface area contributed by atoms with E-state index in [0.717, 1.165) is 12.0 Å². The lowest BCUT2D eigenvalue weighted by atomic mass is 9.94. The van der Waals surface area contributed by atoms with Crippen molar-refractivity contribution in [2.24, 2.45) is 0 Å². The lowest BCUT2D eigenvalue weighted by Gasteiger charge is -2.30. The fourth-order valence-corrected chi connectivity index (χ4v) is 2.11. The van der Waals surface area contributed by atoms with Crippen LogP contribution in [0.4, 0.5) is 0 Å². The van der Waals surface area contributed by atoms with Gasteiger partial charge in [-0.3, -0.25) is 4.79 Å². The molecule has 3 heteroatoms. The number of halogens is 1. The number of ketones is 1. The predicted octanol–water partition coefficient (Wildman–Crippen LogP) is 2.30. The van der Waals surface area contributed by atoms with E-state index in [-0.39, 0.29) is 11.4 Å². The Morgan fingerprint density at radius 3 is 3.00 bits per heavy atom. The Morgan fingerprint density at radius 1 is 1.67 bits per heavy atom. The summed E-state index contributed by atoms with van der Waals surface area (Å²) in [5.74, 6) is 0.470. The molecule has 0 saturated carbocycles. The monoisotopic (exact) mass is 228 g/mol. The minimum Gasteiger partial charge on any atom is -0.479 e. The zero-order valence-corrected chi connectivity index (χ0v) is 8.56. The van der Waals surface area contributed by atoms with Crippen molar-refractivity contribution in [1.29, 1.82) is 0 Å². The van der Waals surface area contributed by atoms with Gasteiger partial charge in [-0.05, 0) is 41.4 Å². The van der Waals surface area contributed by atoms with Crippen molar-refractivity contribution in [3.63, 3.8) is 0 Å². The van der Waals surface area contributed by atoms with E-state index in [1.165, 1.54) is 0 Å². The van der Waals surface area contributed by atoms with Crippen molar-refractivity contribution in [2.75, 3.05) is 0 Å². The Bertz CT molecular complexity index is 327. The zero-order chi connectivity index (χ0) is 8.93. The second-order valence-electron chi connectivity index (χ2n) is 3.37. The van der Waals surface area contributed by atoms with Crippen molar-refractivity contribution in [3.05, 3.63) is 21.9 Å². The molecule has 2 aliphatic rings. The van der Waals surface area contributed by atoms with Crippen LogP contribution in [0.5, 0.6) is 0 Å². The van der Waals surface area contributed by atoms with Gasteiger partial charge in [0.25, 0.3) is 0 Å². The van der Waals surface area contributed by atoms with Crippen molar-refractivity contribution in [1.82, 2.24) is 0 Å². The van der Waals surface area contributed by atoms with Gasteiger partial charge in [-0.2, -0.15) is 0 Å². The molecule has 2 nitrogen and oxygen atoms in total. The summed E-state index contributed by atoms with van der Waals surface area (Å²) in [5, 5.41) is 0. The number of carbonyl (C=O) groups excluding carboxylic acids is 1. The number of rotatable bonds is 0. The van der Waals surface area contributed by atoms with Crippen molar-refractivity contribution in [2.45, 2.75) is 25.9 Å². The van der Waals surface area contributed by atoms with Crippen LogP contribution in [0.2, 0.25) is 0 Å². The molecular weight excluding hydrogens is 220 g/mol. The van der Waals surface area contributed by atoms with Crippen LogP contribution in [0.3, 0.4) is 0 Å². The van der Waals surface area contributed by atoms with Gasteiger partial charge in [0.05, 0.1) is 4.48 Å². The number of hydrogen-bond donors (Lipinski definition) is 0. The SMILES string of the molecule is CC1=C(Br)C(=O)C2=CCC1(C)O2. The molecule has 12 heavy (non-hydrogen) atoms. The Labute approximate surface area is 79.4 Å². The van der Waals surface area contributed by atoms with Gasteiger partial charge in [-0.25, -0.2) is 0 Å². The number of carbonyl (C=O) groups is 1. The summed E-state index contributed by atoms with van der Waals surface area (Å²) in [7, 11) is 0. The predicted molar refractivity (Wildman–Crippen MR) is 48.8 cm³/mol. The lowest BCUT2D eigenvalue weighted by molar-refractivity contribution is -0.117. The first-order valence-corrected chi connectivity index (χ1v) is 4.64. The molecule has 2 rings (SSSR count). The van der Waals surface area contributed by atoms with E-state index in [2.05, 4.69) is 15.9 Å². The fraction of sp³-hybridized carbons (Fsp3) is 0.444. The van der Waals surface area contributed by atoms with Gasteiger partial charge >= 0.3 is 0 Å². The van der Waals surface area contributed by atoms with Crippen LogP contribution in [-0.4, -0.2) is 11.4 Å². The van der Waals surface area contributed by atoms with Crippen LogP contribution >= 0.6 is 15.9 Å². The second-order valence-corrected chi connectivity index (χ2v) is 4.17. The van der Waals surface area contributed by atoms with Crippen LogP contribution in [0.1, 0.15) is 20.3 Å². The molecule has 0 aromatic heterocycles. The molecule has 0 spiro atoms. The third-order valence-electron chi connectivity index (χ3n) is 2.56. The van der Waals surface area contributed by atoms with E-state index in [4.69, 9.17) is 4.74 Å². The number of allylic oxidation sites excluding steroid dienone is 1. The van der Waals surface area contributed by atoms with Gasteiger partial charge in [0.1, 0.15) is 5.60 Å². The van der Waals surface area contributed by atoms with Crippen molar-refractivity contribution in [3.8, 4) is 0 Å². The smallest absolute Gasteiger partial charge is 0.234 e. The molecule has 0 saturated heterocycles. The van der Waals surface area contributed by atoms with Gasteiger partial charge in [-0.15, -0.1) is 0 Å². The molecule has 0 aromatic rings. The van der Waals surface area contributed by atoms with E-state index in [0.29, 0.717) is 10.2 Å². The molecule has 0 aliphatic carbocycles. The average molecular weight is 229 g/mol. The van der Waals surface area contributed by atoms with E-state index in [1.54, 1.807) is 0 Å². The van der Waals surface area contributed by atoms with Crippen LogP contribution in [0, 0.1) is 0 Å². The van der Waals surface area contributed by atoms with Crippen LogP contribution in [-0.2, 0) is 9.53 Å². The van der Waals surface area contributed by atoms with Crippen LogP contribution in [0.25, 0.3) is 0 Å². The highest BCUT2D eigenvalue weighted by atomic mass is 79.9. The molecule has 2 bridgehead atoms. The molecule has 0 fully saturated rings. The minimum atomic E-state index is -0.276. The summed E-state index contributed by atoms with van der Waals surface area (Å²) < 4.78 is 6.17. The maximum Gasteiger partial charge on any atom is 0.234 e. The standard InChI is InChI=1S/C9H9BrO2/c1-5-7(10)8(11)6-3-4-9(5,2)12-6/h3H,4H2,1-2H3. The number of hydrogen-bond acceptors (Lipinski definition) is 2. The molecule has 0 amide bonds. The maximum atomic E-state index is 11.4. The van der Waals surface area contributed by atoms with Gasteiger partial charge in [0.2, 0.25) is 5.78 Å². The average Bonchev–Trinajstić information content (AvgIpc) is 2.41. The molecule has 2 aliphatic heterocycles. The summed E-state index contributed by atoms with van der Waals surface area (Å²) in [4.78, 5) is 11.4. The highest BCUT2D eigenvalue weighted by Crippen LogP contribution is 2.43. The van der Waals surface area contributed by atoms with Crippen molar-refractivity contribution >= 4 is 21.7 Å². The Hall–Kier alpha value is -0.570. The molecule has 0 aromatic carbocycles. The fourth-order valence-electron chi connectivity index (χ4n) is 1.49. The highest BCUT2D eigenvalue weighted by molar-refractivity contribution is 9.12. The van der Waals surface area contributed by atoms with Crippen molar-refractivity contribution < 1.29 is 9.53 Å². The molecule has 64 valence electrons. The highest BCUT2D eigenvalue weighted by Gasteiger charge is 2.42. The first-order valence-electron chi connectivity index (χ1n) is 3.85. The topological polar surface area (TPSA) is 26.3 Å². The number of ether oxygens (including phenoxy) is 1. The van der Waals surface area contributed by atoms with Crippen LogP contribution < -0.4 is 0 Å². The number of Topliss-reactive ketones (excluding diaryl/α,β-unsaturated/α-hetero) is 1. The van der Waals surface area contributed by atoms with E-state index >= 15 is 0 Å². The second kappa shape index (κ2) is 2.22. The quantitative estimate of drug-likeness (QED) is 0.637. The lowest BCUT2D eigenvalue weighted by Crippen LogP contribution is -2.31. The van der Waals surface area contributed by atoms with Gasteiger partial charge in [0.15, 0.2) is 5.76 Å². The summed E-state index contributed by atoms with van der Waals surface area (Å²) in [6, 6.07) is 0. The largest absolute Gasteiger partial charge is 0.479 e.